The van der Waals surface area contributed by atoms with Gasteiger partial charge in [0.1, 0.15) is 5.75 Å². The first-order valence-electron chi connectivity index (χ1n) is 11.9. The van der Waals surface area contributed by atoms with Crippen molar-refractivity contribution in [1.82, 2.24) is 4.90 Å². The van der Waals surface area contributed by atoms with Crippen molar-refractivity contribution in [2.45, 2.75) is 64.7 Å². The summed E-state index contributed by atoms with van der Waals surface area (Å²) >= 11 is 6.33. The summed E-state index contributed by atoms with van der Waals surface area (Å²) < 4.78 is 91.3. The fraction of sp³-hybridized carbons (Fsp3) is 0.462. The number of nitrogens with zero attached hydrogens (tertiary/aromatic N) is 2. The summed E-state index contributed by atoms with van der Waals surface area (Å²) in [7, 11) is 1.36. The average molecular weight is 581 g/mol. The summed E-state index contributed by atoms with van der Waals surface area (Å²) in [6.07, 6.45) is -10.6. The Labute approximate surface area is 226 Å². The van der Waals surface area contributed by atoms with E-state index in [1.165, 1.54) is 36.0 Å². The van der Waals surface area contributed by atoms with Crippen LogP contribution in [0.5, 0.6) is 5.75 Å². The largest absolute Gasteiger partial charge is 0.495 e. The van der Waals surface area contributed by atoms with Crippen LogP contribution in [0.1, 0.15) is 61.9 Å². The Morgan fingerprint density at radius 3 is 2.13 bits per heavy atom. The van der Waals surface area contributed by atoms with Gasteiger partial charge in [-0.25, -0.2) is 4.79 Å². The lowest BCUT2D eigenvalue weighted by Crippen LogP contribution is -2.35. The number of hydrogen-bond acceptors (Lipinski definition) is 4. The van der Waals surface area contributed by atoms with Crippen LogP contribution >= 0.6 is 11.6 Å². The van der Waals surface area contributed by atoms with Gasteiger partial charge in [0.05, 0.1) is 41.1 Å². The molecule has 39 heavy (non-hydrogen) atoms. The van der Waals surface area contributed by atoms with Crippen LogP contribution in [0.15, 0.2) is 30.3 Å². The molecule has 0 spiro atoms. The molecule has 13 heteroatoms. The number of anilines is 1. The number of ether oxygens (including phenoxy) is 2. The standard InChI is InChI=1S/C26H27ClF6N2O4/c1-14(2)39-24(37)34-7-5-6-21(19-11-23(38-4)20(27)12-22(19)34)35(15(3)36)13-16-8-17(25(28,29)30)10-18(9-16)26(31,32)33/h8-12,14,21H,5-7,13H2,1-4H3. The Kier molecular flexibility index (Phi) is 8.99. The molecule has 1 aliphatic heterocycles. The van der Waals surface area contributed by atoms with Crippen LogP contribution < -0.4 is 9.64 Å². The van der Waals surface area contributed by atoms with Gasteiger partial charge in [0.15, 0.2) is 0 Å². The molecule has 2 aromatic rings. The third-order valence-corrected chi connectivity index (χ3v) is 6.44. The SMILES string of the molecule is COc1cc2c(cc1Cl)N(C(=O)OC(C)C)CCCC2N(Cc1cc(C(F)(F)F)cc(C(F)(F)F)c1)C(C)=O. The summed E-state index contributed by atoms with van der Waals surface area (Å²) in [5.41, 5.74) is -2.63. The number of rotatable bonds is 5. The van der Waals surface area contributed by atoms with Gasteiger partial charge in [-0.1, -0.05) is 11.6 Å². The average Bonchev–Trinajstić information content (AvgIpc) is 2.99. The highest BCUT2D eigenvalue weighted by Gasteiger charge is 2.38. The van der Waals surface area contributed by atoms with Gasteiger partial charge in [-0.2, -0.15) is 26.3 Å². The summed E-state index contributed by atoms with van der Waals surface area (Å²) in [5, 5.41) is 0.154. The molecule has 0 bridgehead atoms. The van der Waals surface area contributed by atoms with E-state index in [1.807, 2.05) is 0 Å². The van der Waals surface area contributed by atoms with Crippen LogP contribution in [0.3, 0.4) is 0 Å². The lowest BCUT2D eigenvalue weighted by Gasteiger charge is -2.33. The zero-order chi connectivity index (χ0) is 29.3. The number of methoxy groups -OCH3 is 1. The van der Waals surface area contributed by atoms with Crippen LogP contribution in [0.2, 0.25) is 5.02 Å². The van der Waals surface area contributed by atoms with Crippen LogP contribution in [-0.2, 0) is 28.4 Å². The smallest absolute Gasteiger partial charge is 0.416 e. The Hall–Kier alpha value is -3.15. The normalized spacial score (nSPS) is 16.0. The maximum absolute atomic E-state index is 13.4. The fourth-order valence-corrected chi connectivity index (χ4v) is 4.70. The Morgan fingerprint density at radius 2 is 1.64 bits per heavy atom. The molecule has 1 aliphatic rings. The van der Waals surface area contributed by atoms with Gasteiger partial charge in [-0.05, 0) is 62.6 Å². The molecule has 0 radical (unpaired) electrons. The van der Waals surface area contributed by atoms with Gasteiger partial charge in [-0.15, -0.1) is 0 Å². The molecule has 2 amide bonds. The second-order valence-corrected chi connectivity index (χ2v) is 9.76. The highest BCUT2D eigenvalue weighted by Crippen LogP contribution is 2.43. The molecule has 1 heterocycles. The van der Waals surface area contributed by atoms with Crippen molar-refractivity contribution in [3.8, 4) is 5.75 Å². The molecule has 0 aromatic heterocycles. The van der Waals surface area contributed by atoms with Gasteiger partial charge in [-0.3, -0.25) is 9.69 Å². The van der Waals surface area contributed by atoms with Crippen molar-refractivity contribution in [1.29, 1.82) is 0 Å². The number of hydrogen-bond donors (Lipinski definition) is 0. The first kappa shape index (κ1) is 30.4. The van der Waals surface area contributed by atoms with E-state index in [0.29, 0.717) is 29.8 Å². The van der Waals surface area contributed by atoms with Crippen LogP contribution in [-0.4, -0.2) is 36.7 Å². The van der Waals surface area contributed by atoms with Crippen LogP contribution in [0.25, 0.3) is 0 Å². The molecule has 1 unspecified atom stereocenters. The second kappa shape index (κ2) is 11.5. The van der Waals surface area contributed by atoms with Crippen molar-refractivity contribution in [3.05, 3.63) is 57.6 Å². The lowest BCUT2D eigenvalue weighted by molar-refractivity contribution is -0.143. The highest BCUT2D eigenvalue weighted by molar-refractivity contribution is 6.32. The molecule has 0 aliphatic carbocycles. The minimum atomic E-state index is -5.03. The van der Waals surface area contributed by atoms with Crippen LogP contribution in [0, 0.1) is 0 Å². The fourth-order valence-electron chi connectivity index (χ4n) is 4.46. The van der Waals surface area contributed by atoms with Gasteiger partial charge in [0, 0.05) is 25.6 Å². The predicted molar refractivity (Wildman–Crippen MR) is 132 cm³/mol. The minimum Gasteiger partial charge on any atom is -0.495 e. The number of fused-ring (bicyclic) bond motifs is 1. The number of alkyl halides is 6. The Bertz CT molecular complexity index is 1200. The van der Waals surface area contributed by atoms with Crippen LogP contribution in [0.4, 0.5) is 36.8 Å². The number of halogens is 7. The molecule has 3 rings (SSSR count). The quantitative estimate of drug-likeness (QED) is 0.341. The minimum absolute atomic E-state index is 0.0354. The van der Waals surface area contributed by atoms with Gasteiger partial charge >= 0.3 is 18.4 Å². The first-order chi connectivity index (χ1) is 18.0. The van der Waals surface area contributed by atoms with Crippen molar-refractivity contribution in [2.75, 3.05) is 18.6 Å². The molecule has 214 valence electrons. The molecule has 2 aromatic carbocycles. The van der Waals surface area contributed by atoms with E-state index in [-0.39, 0.29) is 35.4 Å². The van der Waals surface area contributed by atoms with Crippen molar-refractivity contribution in [2.24, 2.45) is 0 Å². The molecular weight excluding hydrogens is 554 g/mol. The molecule has 0 saturated carbocycles. The molecular formula is C26H27ClF6N2O4. The van der Waals surface area contributed by atoms with Crippen molar-refractivity contribution in [3.63, 3.8) is 0 Å². The molecule has 1 atom stereocenters. The van der Waals surface area contributed by atoms with E-state index in [9.17, 15) is 35.9 Å². The molecule has 6 nitrogen and oxygen atoms in total. The molecule has 0 saturated heterocycles. The zero-order valence-corrected chi connectivity index (χ0v) is 22.3. The summed E-state index contributed by atoms with van der Waals surface area (Å²) in [5.74, 6) is -0.384. The summed E-state index contributed by atoms with van der Waals surface area (Å²) in [6, 6.07) is 3.36. The van der Waals surface area contributed by atoms with E-state index < -0.39 is 54.2 Å². The first-order valence-corrected chi connectivity index (χ1v) is 12.3. The third-order valence-electron chi connectivity index (χ3n) is 6.15. The number of amides is 2. The zero-order valence-electron chi connectivity index (χ0n) is 21.5. The van der Waals surface area contributed by atoms with Crippen molar-refractivity contribution >= 4 is 29.3 Å². The molecule has 0 N–H and O–H groups in total. The van der Waals surface area contributed by atoms with E-state index >= 15 is 0 Å². The van der Waals surface area contributed by atoms with Gasteiger partial charge in [0.2, 0.25) is 5.91 Å². The number of carbonyl (C=O) groups excluding carboxylic acids is 2. The highest BCUT2D eigenvalue weighted by atomic mass is 35.5. The summed E-state index contributed by atoms with van der Waals surface area (Å²) in [4.78, 5) is 28.2. The maximum atomic E-state index is 13.4. The molecule has 0 fully saturated rings. The van der Waals surface area contributed by atoms with E-state index in [0.717, 1.165) is 0 Å². The number of carbonyl (C=O) groups is 2. The van der Waals surface area contributed by atoms with E-state index in [1.54, 1.807) is 13.8 Å². The van der Waals surface area contributed by atoms with E-state index in [2.05, 4.69) is 0 Å². The predicted octanol–water partition coefficient (Wildman–Crippen LogP) is 7.62. The van der Waals surface area contributed by atoms with Gasteiger partial charge in [0.25, 0.3) is 0 Å². The lowest BCUT2D eigenvalue weighted by atomic mass is 9.97. The summed E-state index contributed by atoms with van der Waals surface area (Å²) in [6.45, 7) is 4.13. The Morgan fingerprint density at radius 1 is 1.05 bits per heavy atom. The third kappa shape index (κ3) is 7.09. The number of benzene rings is 2. The van der Waals surface area contributed by atoms with Crippen molar-refractivity contribution < 1.29 is 45.4 Å². The topological polar surface area (TPSA) is 59.1 Å². The van der Waals surface area contributed by atoms with Gasteiger partial charge < -0.3 is 14.4 Å². The maximum Gasteiger partial charge on any atom is 0.416 e. The second-order valence-electron chi connectivity index (χ2n) is 9.35. The Balaban J connectivity index is 2.14. The van der Waals surface area contributed by atoms with E-state index in [4.69, 9.17) is 21.1 Å². The monoisotopic (exact) mass is 580 g/mol.